The van der Waals surface area contributed by atoms with Gasteiger partial charge in [0.2, 0.25) is 0 Å². The van der Waals surface area contributed by atoms with Crippen LogP contribution in [0.1, 0.15) is 22.5 Å². The summed E-state index contributed by atoms with van der Waals surface area (Å²) in [6, 6.07) is 19.0. The maximum absolute atomic E-state index is 12.4. The van der Waals surface area contributed by atoms with E-state index in [0.717, 1.165) is 25.1 Å². The van der Waals surface area contributed by atoms with Crippen LogP contribution in [0.25, 0.3) is 0 Å². The van der Waals surface area contributed by atoms with Crippen molar-refractivity contribution in [2.75, 3.05) is 24.3 Å². The monoisotopic (exact) mass is 395 g/mol. The molecular weight excluding hydrogens is 374 g/mol. The van der Waals surface area contributed by atoms with Gasteiger partial charge < -0.3 is 15.4 Å². The number of rotatable bonds is 8. The number of hydrogen-bond acceptors (Lipinski definition) is 4. The summed E-state index contributed by atoms with van der Waals surface area (Å²) in [6.07, 6.45) is 3.69. The van der Waals surface area contributed by atoms with Crippen molar-refractivity contribution in [1.29, 1.82) is 0 Å². The Hall–Kier alpha value is -3.05. The predicted octanol–water partition coefficient (Wildman–Crippen LogP) is 5.04. The standard InChI is InChI=1S/C22H22ClN3O2/c1-28-21-12-9-17(23)14-20(21)26-22(27)19-11-10-18(15-25-19)24-13-5-8-16-6-3-2-4-7-16/h2-4,6-7,9-12,14-15,24H,5,8,13H2,1H3,(H,26,27). The van der Waals surface area contributed by atoms with Gasteiger partial charge in [0, 0.05) is 11.6 Å². The summed E-state index contributed by atoms with van der Waals surface area (Å²) < 4.78 is 5.24. The van der Waals surface area contributed by atoms with E-state index in [1.807, 2.05) is 12.1 Å². The van der Waals surface area contributed by atoms with Crippen LogP contribution in [0.5, 0.6) is 5.75 Å². The fourth-order valence-corrected chi connectivity index (χ4v) is 2.94. The molecule has 144 valence electrons. The maximum atomic E-state index is 12.4. The summed E-state index contributed by atoms with van der Waals surface area (Å²) in [6.45, 7) is 0.835. The van der Waals surface area contributed by atoms with E-state index < -0.39 is 0 Å². The molecule has 0 aliphatic rings. The maximum Gasteiger partial charge on any atom is 0.274 e. The number of anilines is 2. The lowest BCUT2D eigenvalue weighted by Gasteiger charge is -2.11. The molecule has 3 rings (SSSR count). The highest BCUT2D eigenvalue weighted by Gasteiger charge is 2.11. The Kier molecular flexibility index (Phi) is 6.87. The Morgan fingerprint density at radius 3 is 2.64 bits per heavy atom. The number of pyridine rings is 1. The van der Waals surface area contributed by atoms with Gasteiger partial charge in [0.05, 0.1) is 24.7 Å². The molecule has 1 heterocycles. The summed E-state index contributed by atoms with van der Waals surface area (Å²) in [5.74, 6) is 0.214. The lowest BCUT2D eigenvalue weighted by molar-refractivity contribution is 0.102. The van der Waals surface area contributed by atoms with Crippen LogP contribution < -0.4 is 15.4 Å². The lowest BCUT2D eigenvalue weighted by atomic mass is 10.1. The Morgan fingerprint density at radius 2 is 1.93 bits per heavy atom. The molecule has 1 aromatic heterocycles. The molecule has 1 amide bonds. The topological polar surface area (TPSA) is 63.2 Å². The first-order valence-corrected chi connectivity index (χ1v) is 9.42. The van der Waals surface area contributed by atoms with Crippen LogP contribution in [0.2, 0.25) is 5.02 Å². The zero-order valence-electron chi connectivity index (χ0n) is 15.6. The smallest absolute Gasteiger partial charge is 0.274 e. The number of halogens is 1. The van der Waals surface area contributed by atoms with Crippen molar-refractivity contribution in [3.8, 4) is 5.75 Å². The number of methoxy groups -OCH3 is 1. The summed E-state index contributed by atoms with van der Waals surface area (Å²) in [4.78, 5) is 16.7. The first kappa shape index (κ1) is 19.7. The van der Waals surface area contributed by atoms with E-state index in [9.17, 15) is 4.79 Å². The molecule has 0 saturated carbocycles. The molecule has 0 bridgehead atoms. The van der Waals surface area contributed by atoms with Gasteiger partial charge in [0.15, 0.2) is 0 Å². The molecule has 28 heavy (non-hydrogen) atoms. The minimum absolute atomic E-state index is 0.317. The first-order valence-electron chi connectivity index (χ1n) is 9.04. The molecule has 0 unspecified atom stereocenters. The van der Waals surface area contributed by atoms with E-state index in [1.165, 1.54) is 12.7 Å². The van der Waals surface area contributed by atoms with E-state index in [1.54, 1.807) is 30.5 Å². The second kappa shape index (κ2) is 9.76. The van der Waals surface area contributed by atoms with Gasteiger partial charge in [0.25, 0.3) is 5.91 Å². The van der Waals surface area contributed by atoms with Crippen LogP contribution in [0, 0.1) is 0 Å². The molecule has 0 atom stereocenters. The molecule has 0 aliphatic heterocycles. The van der Waals surface area contributed by atoms with Crippen molar-refractivity contribution < 1.29 is 9.53 Å². The highest BCUT2D eigenvalue weighted by atomic mass is 35.5. The highest BCUT2D eigenvalue weighted by molar-refractivity contribution is 6.31. The number of benzene rings is 2. The number of nitrogens with one attached hydrogen (secondary N) is 2. The number of amides is 1. The largest absolute Gasteiger partial charge is 0.495 e. The van der Waals surface area contributed by atoms with E-state index in [-0.39, 0.29) is 5.91 Å². The highest BCUT2D eigenvalue weighted by Crippen LogP contribution is 2.28. The molecule has 0 fully saturated rings. The third kappa shape index (κ3) is 5.47. The van der Waals surface area contributed by atoms with Crippen LogP contribution in [0.15, 0.2) is 66.9 Å². The molecule has 6 heteroatoms. The number of nitrogens with zero attached hydrogens (tertiary/aromatic N) is 1. The van der Waals surface area contributed by atoms with Crippen LogP contribution in [-0.2, 0) is 6.42 Å². The lowest BCUT2D eigenvalue weighted by Crippen LogP contribution is -2.14. The zero-order chi connectivity index (χ0) is 19.8. The van der Waals surface area contributed by atoms with Crippen molar-refractivity contribution >= 4 is 28.9 Å². The molecule has 3 aromatic rings. The fourth-order valence-electron chi connectivity index (χ4n) is 2.77. The molecule has 2 N–H and O–H groups in total. The summed E-state index contributed by atoms with van der Waals surface area (Å²) in [7, 11) is 1.54. The van der Waals surface area contributed by atoms with E-state index >= 15 is 0 Å². The number of carbonyl (C=O) groups is 1. The van der Waals surface area contributed by atoms with Gasteiger partial charge in [-0.15, -0.1) is 0 Å². The zero-order valence-corrected chi connectivity index (χ0v) is 16.4. The second-order valence-electron chi connectivity index (χ2n) is 6.25. The Labute approximate surface area is 169 Å². The van der Waals surface area contributed by atoms with Gasteiger partial charge in [-0.25, -0.2) is 4.98 Å². The Bertz CT molecular complexity index is 915. The minimum Gasteiger partial charge on any atom is -0.495 e. The van der Waals surface area contributed by atoms with Crippen LogP contribution in [0.4, 0.5) is 11.4 Å². The number of aromatic nitrogens is 1. The van der Waals surface area contributed by atoms with Gasteiger partial charge in [-0.05, 0) is 48.7 Å². The molecule has 0 saturated heterocycles. The van der Waals surface area contributed by atoms with Crippen molar-refractivity contribution in [2.45, 2.75) is 12.8 Å². The number of hydrogen-bond donors (Lipinski definition) is 2. The molecular formula is C22H22ClN3O2. The number of aryl methyl sites for hydroxylation is 1. The van der Waals surface area contributed by atoms with Crippen molar-refractivity contribution in [3.05, 3.63) is 83.1 Å². The second-order valence-corrected chi connectivity index (χ2v) is 6.68. The van der Waals surface area contributed by atoms with E-state index in [0.29, 0.717) is 22.2 Å². The van der Waals surface area contributed by atoms with Crippen molar-refractivity contribution in [2.24, 2.45) is 0 Å². The third-order valence-electron chi connectivity index (χ3n) is 4.22. The minimum atomic E-state index is -0.323. The average molecular weight is 396 g/mol. The third-order valence-corrected chi connectivity index (χ3v) is 4.46. The first-order chi connectivity index (χ1) is 13.7. The Balaban J connectivity index is 1.52. The van der Waals surface area contributed by atoms with Gasteiger partial charge in [-0.1, -0.05) is 41.9 Å². The van der Waals surface area contributed by atoms with E-state index in [4.69, 9.17) is 16.3 Å². The van der Waals surface area contributed by atoms with Gasteiger partial charge in [-0.3, -0.25) is 4.79 Å². The van der Waals surface area contributed by atoms with Crippen LogP contribution in [0.3, 0.4) is 0 Å². The number of carbonyl (C=O) groups excluding carboxylic acids is 1. The van der Waals surface area contributed by atoms with E-state index in [2.05, 4.69) is 39.9 Å². The van der Waals surface area contributed by atoms with Gasteiger partial charge in [0.1, 0.15) is 11.4 Å². The predicted molar refractivity (Wildman–Crippen MR) is 113 cm³/mol. The van der Waals surface area contributed by atoms with Crippen LogP contribution >= 0.6 is 11.6 Å². The summed E-state index contributed by atoms with van der Waals surface area (Å²) in [5.41, 5.74) is 3.03. The molecule has 0 radical (unpaired) electrons. The molecule has 2 aromatic carbocycles. The van der Waals surface area contributed by atoms with Crippen molar-refractivity contribution in [1.82, 2.24) is 4.98 Å². The number of ether oxygens (including phenoxy) is 1. The summed E-state index contributed by atoms with van der Waals surface area (Å²) >= 11 is 5.99. The quantitative estimate of drug-likeness (QED) is 0.524. The fraction of sp³-hybridized carbons (Fsp3) is 0.182. The van der Waals surface area contributed by atoms with Gasteiger partial charge >= 0.3 is 0 Å². The SMILES string of the molecule is COc1ccc(Cl)cc1NC(=O)c1ccc(NCCCc2ccccc2)cn1. The van der Waals surface area contributed by atoms with Gasteiger partial charge in [-0.2, -0.15) is 0 Å². The van der Waals surface area contributed by atoms with Crippen LogP contribution in [-0.4, -0.2) is 24.5 Å². The normalized spacial score (nSPS) is 10.4. The average Bonchev–Trinajstić information content (AvgIpc) is 2.72. The molecule has 0 spiro atoms. The Morgan fingerprint density at radius 1 is 1.11 bits per heavy atom. The molecule has 0 aliphatic carbocycles. The molecule has 5 nitrogen and oxygen atoms in total. The summed E-state index contributed by atoms with van der Waals surface area (Å²) in [5, 5.41) is 6.62. The van der Waals surface area contributed by atoms with Crippen molar-refractivity contribution in [3.63, 3.8) is 0 Å².